The quantitative estimate of drug-likeness (QED) is 0.574. The van der Waals surface area contributed by atoms with Crippen LogP contribution in [-0.4, -0.2) is 6.72 Å². The molecule has 19 heavy (non-hydrogen) atoms. The zero-order valence-corrected chi connectivity index (χ0v) is 14.1. The van der Waals surface area contributed by atoms with E-state index in [1.165, 1.54) is 24.0 Å². The van der Waals surface area contributed by atoms with E-state index in [1.54, 1.807) is 6.92 Å². The largest absolute Gasteiger partial charge is 0.270 e. The van der Waals surface area contributed by atoms with Gasteiger partial charge in [-0.15, -0.1) is 0 Å². The van der Waals surface area contributed by atoms with E-state index < -0.39 is 0 Å². The van der Waals surface area contributed by atoms with Crippen LogP contribution in [0.25, 0.3) is 0 Å². The minimum absolute atomic E-state index is 0.769. The van der Waals surface area contributed by atoms with Crippen molar-refractivity contribution in [3.8, 4) is 0 Å². The molecule has 0 aromatic heterocycles. The number of allylic oxidation sites excluding steroid dienone is 1. The summed E-state index contributed by atoms with van der Waals surface area (Å²) in [6, 6.07) is 8.76. The predicted molar refractivity (Wildman–Crippen MR) is 92.2 cm³/mol. The van der Waals surface area contributed by atoms with Crippen LogP contribution in [0.4, 0.5) is 0 Å². The lowest BCUT2D eigenvalue weighted by molar-refractivity contribution is 0.921. The molecule has 0 aliphatic heterocycles. The first kappa shape index (κ1) is 22.8. The fourth-order valence-corrected chi connectivity index (χ4v) is 1.04. The molecule has 0 aliphatic rings. The van der Waals surface area contributed by atoms with Gasteiger partial charge in [-0.05, 0) is 32.5 Å². The van der Waals surface area contributed by atoms with Crippen molar-refractivity contribution in [2.75, 3.05) is 0 Å². The fraction of sp³-hybridized carbons (Fsp3) is 0.500. The van der Waals surface area contributed by atoms with Crippen LogP contribution >= 0.6 is 0 Å². The molecule has 110 valence electrons. The summed E-state index contributed by atoms with van der Waals surface area (Å²) in [6.45, 7) is 20.8. The number of hydrogen-bond donors (Lipinski definition) is 0. The standard InChI is InChI=1S/C10H14.C4H7N.2C2H6/c1-3-4-10-7-5-9(2)6-8-10;1-4(2)5-3;2*1-2/h5-8H,3-4H2,1-2H3;1,3H2,2H3;2*1-2H3. The summed E-state index contributed by atoms with van der Waals surface area (Å²) in [7, 11) is 0. The van der Waals surface area contributed by atoms with Gasteiger partial charge >= 0.3 is 0 Å². The van der Waals surface area contributed by atoms with E-state index in [-0.39, 0.29) is 0 Å². The highest BCUT2D eigenvalue weighted by atomic mass is 14.7. The van der Waals surface area contributed by atoms with E-state index in [0.717, 1.165) is 5.70 Å². The third-order valence-electron chi connectivity index (χ3n) is 1.93. The Labute approximate surface area is 121 Å². The van der Waals surface area contributed by atoms with Crippen molar-refractivity contribution in [1.82, 2.24) is 0 Å². The second kappa shape index (κ2) is 19.0. The molecule has 0 heterocycles. The molecule has 1 aromatic rings. The van der Waals surface area contributed by atoms with Crippen LogP contribution in [0.1, 0.15) is 59.1 Å². The average molecular weight is 263 g/mol. The number of rotatable bonds is 3. The van der Waals surface area contributed by atoms with Gasteiger partial charge in [0.15, 0.2) is 0 Å². The van der Waals surface area contributed by atoms with Crippen molar-refractivity contribution in [3.05, 3.63) is 47.7 Å². The lowest BCUT2D eigenvalue weighted by Gasteiger charge is -1.97. The van der Waals surface area contributed by atoms with Crippen molar-refractivity contribution in [3.63, 3.8) is 0 Å². The fourth-order valence-electron chi connectivity index (χ4n) is 1.04. The molecule has 0 radical (unpaired) electrons. The van der Waals surface area contributed by atoms with Crippen LogP contribution in [0.2, 0.25) is 0 Å². The second-order valence-electron chi connectivity index (χ2n) is 3.63. The van der Waals surface area contributed by atoms with Gasteiger partial charge in [0.05, 0.1) is 0 Å². The maximum atomic E-state index is 3.44. The normalized spacial score (nSPS) is 7.53. The maximum Gasteiger partial charge on any atom is 0.0293 e. The summed E-state index contributed by atoms with van der Waals surface area (Å²) in [5, 5.41) is 0. The SMILES string of the molecule is C=NC(=C)C.CC.CC.CCCc1ccc(C)cc1. The van der Waals surface area contributed by atoms with Crippen LogP contribution in [0.15, 0.2) is 41.5 Å². The molecule has 1 aromatic carbocycles. The first-order valence-corrected chi connectivity index (χ1v) is 7.28. The zero-order chi connectivity index (χ0) is 15.7. The van der Waals surface area contributed by atoms with Gasteiger partial charge in [-0.25, -0.2) is 0 Å². The van der Waals surface area contributed by atoms with Crippen LogP contribution in [-0.2, 0) is 6.42 Å². The molecule has 0 spiro atoms. The minimum atomic E-state index is 0.769. The lowest BCUT2D eigenvalue weighted by Crippen LogP contribution is -1.81. The van der Waals surface area contributed by atoms with E-state index in [0.29, 0.717) is 0 Å². The van der Waals surface area contributed by atoms with Crippen LogP contribution in [0.5, 0.6) is 0 Å². The Kier molecular flexibility index (Phi) is 22.8. The summed E-state index contributed by atoms with van der Waals surface area (Å²) in [4.78, 5) is 3.44. The third kappa shape index (κ3) is 19.2. The molecule has 0 atom stereocenters. The number of nitrogens with zero attached hydrogens (tertiary/aromatic N) is 1. The van der Waals surface area contributed by atoms with Gasteiger partial charge in [-0.1, -0.05) is 77.4 Å². The third-order valence-corrected chi connectivity index (χ3v) is 1.93. The van der Waals surface area contributed by atoms with Crippen molar-refractivity contribution in [2.24, 2.45) is 4.99 Å². The molecule has 0 fully saturated rings. The van der Waals surface area contributed by atoms with Crippen LogP contribution in [0, 0.1) is 6.92 Å². The Hall–Kier alpha value is -1.37. The first-order valence-electron chi connectivity index (χ1n) is 7.28. The highest BCUT2D eigenvalue weighted by Gasteiger charge is 1.88. The average Bonchev–Trinajstić information content (AvgIpc) is 2.46. The molecule has 0 bridgehead atoms. The summed E-state index contributed by atoms with van der Waals surface area (Å²) in [6.07, 6.45) is 2.45. The van der Waals surface area contributed by atoms with E-state index in [2.05, 4.69) is 56.4 Å². The number of benzene rings is 1. The number of aryl methyl sites for hydroxylation is 2. The summed E-state index contributed by atoms with van der Waals surface area (Å²) < 4.78 is 0. The Bertz CT molecular complexity index is 296. The van der Waals surface area contributed by atoms with Crippen molar-refractivity contribution in [1.29, 1.82) is 0 Å². The molecular weight excluding hydrogens is 230 g/mol. The molecule has 0 saturated carbocycles. The van der Waals surface area contributed by atoms with Crippen molar-refractivity contribution in [2.45, 2.75) is 61.3 Å². The Morgan fingerprint density at radius 1 is 1.05 bits per heavy atom. The zero-order valence-electron chi connectivity index (χ0n) is 14.1. The van der Waals surface area contributed by atoms with E-state index in [1.807, 2.05) is 27.7 Å². The first-order chi connectivity index (χ1) is 9.10. The molecule has 0 N–H and O–H groups in total. The molecule has 1 heteroatoms. The van der Waals surface area contributed by atoms with Gasteiger partial charge in [0.25, 0.3) is 0 Å². The Morgan fingerprint density at radius 3 is 1.68 bits per heavy atom. The monoisotopic (exact) mass is 263 g/mol. The van der Waals surface area contributed by atoms with E-state index in [9.17, 15) is 0 Å². The molecule has 0 amide bonds. The Morgan fingerprint density at radius 2 is 1.42 bits per heavy atom. The van der Waals surface area contributed by atoms with E-state index in [4.69, 9.17) is 0 Å². The molecular formula is C18H33N. The highest BCUT2D eigenvalue weighted by molar-refractivity contribution is 5.27. The molecule has 0 aliphatic carbocycles. The molecule has 1 rings (SSSR count). The lowest BCUT2D eigenvalue weighted by atomic mass is 10.1. The summed E-state index contributed by atoms with van der Waals surface area (Å²) in [5.74, 6) is 0. The van der Waals surface area contributed by atoms with Gasteiger partial charge in [-0.3, -0.25) is 4.99 Å². The number of hydrogen-bond acceptors (Lipinski definition) is 1. The maximum absolute atomic E-state index is 3.44. The van der Waals surface area contributed by atoms with Gasteiger partial charge in [0.2, 0.25) is 0 Å². The topological polar surface area (TPSA) is 12.4 Å². The van der Waals surface area contributed by atoms with Gasteiger partial charge in [-0.2, -0.15) is 0 Å². The summed E-state index contributed by atoms with van der Waals surface area (Å²) >= 11 is 0. The molecule has 0 saturated heterocycles. The highest BCUT2D eigenvalue weighted by Crippen LogP contribution is 2.04. The second-order valence-corrected chi connectivity index (χ2v) is 3.63. The molecule has 1 nitrogen and oxygen atoms in total. The van der Waals surface area contributed by atoms with Crippen molar-refractivity contribution >= 4 is 6.72 Å². The van der Waals surface area contributed by atoms with Gasteiger partial charge in [0.1, 0.15) is 0 Å². The van der Waals surface area contributed by atoms with Gasteiger partial charge < -0.3 is 0 Å². The van der Waals surface area contributed by atoms with Gasteiger partial charge in [0, 0.05) is 5.70 Å². The van der Waals surface area contributed by atoms with E-state index >= 15 is 0 Å². The number of aliphatic imine (C=N–C) groups is 1. The summed E-state index contributed by atoms with van der Waals surface area (Å²) in [5.41, 5.74) is 3.57. The van der Waals surface area contributed by atoms with Crippen LogP contribution < -0.4 is 0 Å². The smallest absolute Gasteiger partial charge is 0.0293 e. The predicted octanol–water partition coefficient (Wildman–Crippen LogP) is 6.22. The van der Waals surface area contributed by atoms with Crippen molar-refractivity contribution < 1.29 is 0 Å². The Balaban J connectivity index is -0.000000242. The molecule has 0 unspecified atom stereocenters. The minimum Gasteiger partial charge on any atom is -0.270 e. The van der Waals surface area contributed by atoms with Crippen LogP contribution in [0.3, 0.4) is 0 Å².